The summed E-state index contributed by atoms with van der Waals surface area (Å²) in [5.41, 5.74) is 0.815. The van der Waals surface area contributed by atoms with E-state index in [-0.39, 0.29) is 11.9 Å². The maximum absolute atomic E-state index is 14.3. The lowest BCUT2D eigenvalue weighted by Gasteiger charge is -2.23. The first kappa shape index (κ1) is 15.0. The van der Waals surface area contributed by atoms with Gasteiger partial charge in [-0.3, -0.25) is 0 Å². The Bertz CT molecular complexity index is 402. The van der Waals surface area contributed by atoms with Gasteiger partial charge in [0, 0.05) is 11.6 Å². The van der Waals surface area contributed by atoms with Crippen molar-refractivity contribution in [3.8, 4) is 0 Å². The highest BCUT2D eigenvalue weighted by atomic mass is 79.9. The first-order chi connectivity index (χ1) is 9.22. The van der Waals surface area contributed by atoms with Crippen molar-refractivity contribution in [2.45, 2.75) is 51.5 Å². The van der Waals surface area contributed by atoms with Crippen LogP contribution in [0, 0.1) is 11.7 Å². The van der Waals surface area contributed by atoms with Crippen LogP contribution in [0.4, 0.5) is 4.39 Å². The smallest absolute Gasteiger partial charge is 0.142 e. The minimum Gasteiger partial charge on any atom is -0.310 e. The molecule has 0 aliphatic heterocycles. The zero-order valence-corrected chi connectivity index (χ0v) is 13.2. The third-order valence-corrected chi connectivity index (χ3v) is 4.65. The van der Waals surface area contributed by atoms with Crippen LogP contribution >= 0.6 is 15.9 Å². The molecule has 0 amide bonds. The van der Waals surface area contributed by atoms with E-state index in [1.165, 1.54) is 25.7 Å². The minimum absolute atomic E-state index is 0.103. The summed E-state index contributed by atoms with van der Waals surface area (Å²) in [6.07, 6.45) is 7.43. The van der Waals surface area contributed by atoms with Gasteiger partial charge in [0.05, 0.1) is 4.47 Å². The van der Waals surface area contributed by atoms with Crippen LogP contribution in [0.15, 0.2) is 22.7 Å². The molecule has 106 valence electrons. The monoisotopic (exact) mass is 327 g/mol. The largest absolute Gasteiger partial charge is 0.310 e. The number of halogens is 2. The molecule has 0 saturated heterocycles. The van der Waals surface area contributed by atoms with Crippen molar-refractivity contribution in [2.24, 2.45) is 5.92 Å². The summed E-state index contributed by atoms with van der Waals surface area (Å²) >= 11 is 3.29. The fourth-order valence-corrected chi connectivity index (χ4v) is 3.39. The molecule has 0 radical (unpaired) electrons. The number of hydrogen-bond donors (Lipinski definition) is 1. The van der Waals surface area contributed by atoms with Gasteiger partial charge in [-0.2, -0.15) is 0 Å². The van der Waals surface area contributed by atoms with Crippen LogP contribution in [0.25, 0.3) is 0 Å². The average molecular weight is 328 g/mol. The molecule has 1 atom stereocenters. The van der Waals surface area contributed by atoms with Crippen LogP contribution in [0.5, 0.6) is 0 Å². The standard InChI is InChI=1S/C16H23BrFN/c1-2-10-19-15(11-12-6-3-4-7-12)13-8-5-9-14(17)16(13)18/h5,8-9,12,15,19H,2-4,6-7,10-11H2,1H3. The fourth-order valence-electron chi connectivity index (χ4n) is 3.01. The van der Waals surface area contributed by atoms with Gasteiger partial charge >= 0.3 is 0 Å². The molecule has 19 heavy (non-hydrogen) atoms. The van der Waals surface area contributed by atoms with Gasteiger partial charge in [0.25, 0.3) is 0 Å². The molecule has 1 aliphatic carbocycles. The van der Waals surface area contributed by atoms with Crippen molar-refractivity contribution in [2.75, 3.05) is 6.54 Å². The van der Waals surface area contributed by atoms with E-state index < -0.39 is 0 Å². The van der Waals surface area contributed by atoms with Gasteiger partial charge < -0.3 is 5.32 Å². The molecule has 0 spiro atoms. The zero-order chi connectivity index (χ0) is 13.7. The molecule has 0 bridgehead atoms. The molecule has 2 rings (SSSR count). The van der Waals surface area contributed by atoms with E-state index in [9.17, 15) is 4.39 Å². The summed E-state index contributed by atoms with van der Waals surface area (Å²) in [5.74, 6) is 0.654. The predicted octanol–water partition coefficient (Wildman–Crippen LogP) is 5.21. The fraction of sp³-hybridized carbons (Fsp3) is 0.625. The molecule has 1 N–H and O–H groups in total. The Labute approximate surface area is 124 Å². The Balaban J connectivity index is 2.13. The van der Waals surface area contributed by atoms with Crippen molar-refractivity contribution in [1.29, 1.82) is 0 Å². The molecule has 1 unspecified atom stereocenters. The van der Waals surface area contributed by atoms with Gasteiger partial charge in [-0.05, 0) is 47.3 Å². The summed E-state index contributed by atoms with van der Waals surface area (Å²) < 4.78 is 14.8. The SMILES string of the molecule is CCCNC(CC1CCCC1)c1cccc(Br)c1F. The lowest BCUT2D eigenvalue weighted by Crippen LogP contribution is -2.25. The van der Waals surface area contributed by atoms with Gasteiger partial charge in [0.15, 0.2) is 0 Å². The van der Waals surface area contributed by atoms with Gasteiger partial charge in [-0.25, -0.2) is 4.39 Å². The van der Waals surface area contributed by atoms with E-state index in [4.69, 9.17) is 0 Å². The average Bonchev–Trinajstić information content (AvgIpc) is 2.91. The second-order valence-corrected chi connectivity index (χ2v) is 6.39. The van der Waals surface area contributed by atoms with E-state index in [0.717, 1.165) is 30.9 Å². The van der Waals surface area contributed by atoms with Crippen LogP contribution in [-0.4, -0.2) is 6.54 Å². The number of benzene rings is 1. The summed E-state index contributed by atoms with van der Waals surface area (Å²) in [7, 11) is 0. The highest BCUT2D eigenvalue weighted by molar-refractivity contribution is 9.10. The van der Waals surface area contributed by atoms with Crippen molar-refractivity contribution >= 4 is 15.9 Å². The Kier molecular flexibility index (Phi) is 5.83. The van der Waals surface area contributed by atoms with Crippen LogP contribution in [0.1, 0.15) is 57.1 Å². The Morgan fingerprint density at radius 1 is 1.37 bits per heavy atom. The molecule has 1 aliphatic rings. The molecule has 1 aromatic rings. The van der Waals surface area contributed by atoms with Crippen LogP contribution in [0.2, 0.25) is 0 Å². The summed E-state index contributed by atoms with van der Waals surface area (Å²) in [4.78, 5) is 0. The van der Waals surface area contributed by atoms with Gasteiger partial charge in [0.2, 0.25) is 0 Å². The first-order valence-electron chi connectivity index (χ1n) is 7.39. The second kappa shape index (κ2) is 7.39. The van der Waals surface area contributed by atoms with Crippen molar-refractivity contribution in [3.63, 3.8) is 0 Å². The van der Waals surface area contributed by atoms with Gasteiger partial charge in [-0.15, -0.1) is 0 Å². The van der Waals surface area contributed by atoms with E-state index in [0.29, 0.717) is 4.47 Å². The number of hydrogen-bond acceptors (Lipinski definition) is 1. The quantitative estimate of drug-likeness (QED) is 0.756. The van der Waals surface area contributed by atoms with Crippen LogP contribution < -0.4 is 5.32 Å². The lowest BCUT2D eigenvalue weighted by molar-refractivity contribution is 0.385. The van der Waals surface area contributed by atoms with E-state index >= 15 is 0 Å². The normalized spacial score (nSPS) is 17.8. The summed E-state index contributed by atoms with van der Waals surface area (Å²) in [6, 6.07) is 5.77. The highest BCUT2D eigenvalue weighted by Crippen LogP contribution is 2.34. The maximum atomic E-state index is 14.3. The van der Waals surface area contributed by atoms with E-state index in [1.807, 2.05) is 12.1 Å². The molecule has 3 heteroatoms. The van der Waals surface area contributed by atoms with Crippen molar-refractivity contribution in [1.82, 2.24) is 5.32 Å². The van der Waals surface area contributed by atoms with Gasteiger partial charge in [0.1, 0.15) is 5.82 Å². The molecule has 0 heterocycles. The van der Waals surface area contributed by atoms with Gasteiger partial charge in [-0.1, -0.05) is 44.7 Å². The topological polar surface area (TPSA) is 12.0 Å². The summed E-state index contributed by atoms with van der Waals surface area (Å²) in [5, 5.41) is 3.52. The molecule has 1 fully saturated rings. The van der Waals surface area contributed by atoms with Crippen LogP contribution in [-0.2, 0) is 0 Å². The second-order valence-electron chi connectivity index (χ2n) is 5.54. The molecule has 1 aromatic carbocycles. The number of rotatable bonds is 6. The van der Waals surface area contributed by atoms with E-state index in [2.05, 4.69) is 28.2 Å². The summed E-state index contributed by atoms with van der Waals surface area (Å²) in [6.45, 7) is 3.10. The minimum atomic E-state index is -0.103. The van der Waals surface area contributed by atoms with Crippen LogP contribution in [0.3, 0.4) is 0 Å². The lowest BCUT2D eigenvalue weighted by atomic mass is 9.93. The molecule has 1 nitrogen and oxygen atoms in total. The Hall–Kier alpha value is -0.410. The molecular formula is C16H23BrFN. The maximum Gasteiger partial charge on any atom is 0.142 e. The number of nitrogens with one attached hydrogen (secondary N) is 1. The van der Waals surface area contributed by atoms with E-state index in [1.54, 1.807) is 6.07 Å². The predicted molar refractivity (Wildman–Crippen MR) is 81.7 cm³/mol. The highest BCUT2D eigenvalue weighted by Gasteiger charge is 2.23. The van der Waals surface area contributed by atoms with Crippen molar-refractivity contribution in [3.05, 3.63) is 34.1 Å². The first-order valence-corrected chi connectivity index (χ1v) is 8.19. The third kappa shape index (κ3) is 4.03. The molecule has 0 aromatic heterocycles. The zero-order valence-electron chi connectivity index (χ0n) is 11.6. The Morgan fingerprint density at radius 3 is 2.79 bits per heavy atom. The molecule has 1 saturated carbocycles. The third-order valence-electron chi connectivity index (χ3n) is 4.04. The molecular weight excluding hydrogens is 305 g/mol. The Morgan fingerprint density at radius 2 is 2.11 bits per heavy atom. The van der Waals surface area contributed by atoms with Crippen molar-refractivity contribution < 1.29 is 4.39 Å².